The Bertz CT molecular complexity index is 843. The third-order valence-corrected chi connectivity index (χ3v) is 3.21. The van der Waals surface area contributed by atoms with E-state index < -0.39 is 0 Å². The molecule has 0 unspecified atom stereocenters. The molecule has 0 aliphatic carbocycles. The number of halogens is 1. The van der Waals surface area contributed by atoms with Gasteiger partial charge in [0.05, 0.1) is 17.8 Å². The minimum Gasteiger partial charge on any atom is -0.497 e. The smallest absolute Gasteiger partial charge is 0.258 e. The Hall–Kier alpha value is -2.33. The van der Waals surface area contributed by atoms with E-state index in [2.05, 4.69) is 4.98 Å². The zero-order valence-corrected chi connectivity index (χ0v) is 11.5. The van der Waals surface area contributed by atoms with Crippen LogP contribution in [0.2, 0.25) is 5.02 Å². The van der Waals surface area contributed by atoms with Crippen LogP contribution in [0, 0.1) is 0 Å². The third kappa shape index (κ3) is 2.26. The van der Waals surface area contributed by atoms with E-state index in [-0.39, 0.29) is 5.56 Å². The van der Waals surface area contributed by atoms with Crippen LogP contribution in [0.4, 0.5) is 0 Å². The fraction of sp³-hybridized carbons (Fsp3) is 0.0667. The number of fused-ring (bicyclic) bond motifs is 1. The van der Waals surface area contributed by atoms with E-state index >= 15 is 0 Å². The van der Waals surface area contributed by atoms with Crippen molar-refractivity contribution in [2.45, 2.75) is 0 Å². The van der Waals surface area contributed by atoms with E-state index in [1.807, 2.05) is 24.3 Å². The second-order valence-electron chi connectivity index (χ2n) is 4.29. The molecule has 3 rings (SSSR count). The number of rotatable bonds is 2. The molecular weight excluding hydrogens is 276 g/mol. The molecule has 0 saturated carbocycles. The maximum Gasteiger partial charge on any atom is 0.258 e. The van der Waals surface area contributed by atoms with Gasteiger partial charge in [-0.1, -0.05) is 23.7 Å². The predicted octanol–water partition coefficient (Wildman–Crippen LogP) is 3.02. The van der Waals surface area contributed by atoms with E-state index in [9.17, 15) is 4.79 Å². The lowest BCUT2D eigenvalue weighted by atomic mass is 10.1. The highest BCUT2D eigenvalue weighted by molar-refractivity contribution is 6.30. The first-order chi connectivity index (χ1) is 9.67. The average molecular weight is 287 g/mol. The topological polar surface area (TPSA) is 43.6 Å². The highest BCUT2D eigenvalue weighted by atomic mass is 35.5. The van der Waals surface area contributed by atoms with Crippen molar-refractivity contribution >= 4 is 17.2 Å². The molecule has 0 spiro atoms. The van der Waals surface area contributed by atoms with Gasteiger partial charge in [0.2, 0.25) is 0 Å². The Morgan fingerprint density at radius 3 is 2.85 bits per heavy atom. The summed E-state index contributed by atoms with van der Waals surface area (Å²) < 4.78 is 6.60. The van der Waals surface area contributed by atoms with Gasteiger partial charge in [0, 0.05) is 17.8 Å². The van der Waals surface area contributed by atoms with Gasteiger partial charge in [-0.05, 0) is 24.3 Å². The Balaban J connectivity index is 2.22. The van der Waals surface area contributed by atoms with Crippen molar-refractivity contribution in [2.24, 2.45) is 0 Å². The molecular formula is C15H11ClN2O2. The number of hydrogen-bond acceptors (Lipinski definition) is 3. The van der Waals surface area contributed by atoms with Crippen LogP contribution in [0.5, 0.6) is 5.75 Å². The lowest BCUT2D eigenvalue weighted by molar-refractivity contribution is 0.415. The monoisotopic (exact) mass is 286 g/mol. The number of aromatic nitrogens is 2. The van der Waals surface area contributed by atoms with Crippen LogP contribution in [0.15, 0.2) is 53.5 Å². The van der Waals surface area contributed by atoms with Crippen molar-refractivity contribution in [1.29, 1.82) is 0 Å². The molecule has 4 nitrogen and oxygen atoms in total. The van der Waals surface area contributed by atoms with Gasteiger partial charge in [-0.25, -0.2) is 4.98 Å². The minimum absolute atomic E-state index is 0.171. The quantitative estimate of drug-likeness (QED) is 0.727. The van der Waals surface area contributed by atoms with Crippen LogP contribution in [0.3, 0.4) is 0 Å². The third-order valence-electron chi connectivity index (χ3n) is 2.99. The van der Waals surface area contributed by atoms with E-state index in [1.54, 1.807) is 25.4 Å². The Labute approximate surface area is 120 Å². The lowest BCUT2D eigenvalue weighted by Crippen LogP contribution is -2.14. The van der Waals surface area contributed by atoms with Crippen molar-refractivity contribution in [1.82, 2.24) is 9.38 Å². The Morgan fingerprint density at radius 1 is 1.20 bits per heavy atom. The van der Waals surface area contributed by atoms with Crippen molar-refractivity contribution < 1.29 is 4.74 Å². The first-order valence-electron chi connectivity index (χ1n) is 6.01. The summed E-state index contributed by atoms with van der Waals surface area (Å²) in [6.45, 7) is 0. The molecule has 20 heavy (non-hydrogen) atoms. The molecule has 0 aliphatic heterocycles. The summed E-state index contributed by atoms with van der Waals surface area (Å²) in [5.74, 6) is 0.723. The van der Waals surface area contributed by atoms with Gasteiger partial charge in [-0.3, -0.25) is 9.20 Å². The van der Waals surface area contributed by atoms with Crippen LogP contribution in [0.25, 0.3) is 16.9 Å². The van der Waals surface area contributed by atoms with Crippen LogP contribution in [-0.2, 0) is 0 Å². The largest absolute Gasteiger partial charge is 0.497 e. The highest BCUT2D eigenvalue weighted by Gasteiger charge is 2.06. The van der Waals surface area contributed by atoms with Crippen molar-refractivity contribution in [3.05, 3.63) is 64.0 Å². The lowest BCUT2D eigenvalue weighted by Gasteiger charge is -2.06. The summed E-state index contributed by atoms with van der Waals surface area (Å²) in [6.07, 6.45) is 1.56. The molecule has 0 atom stereocenters. The SMILES string of the molecule is COc1cccc(-c2cc(=O)n3cc(Cl)ccc3n2)c1. The van der Waals surface area contributed by atoms with Gasteiger partial charge in [0.1, 0.15) is 11.4 Å². The molecule has 0 fully saturated rings. The molecule has 1 aromatic carbocycles. The number of methoxy groups -OCH3 is 1. The fourth-order valence-corrected chi connectivity index (χ4v) is 2.17. The highest BCUT2D eigenvalue weighted by Crippen LogP contribution is 2.21. The number of benzene rings is 1. The molecule has 0 bridgehead atoms. The maximum absolute atomic E-state index is 12.1. The summed E-state index contributed by atoms with van der Waals surface area (Å²) >= 11 is 5.88. The van der Waals surface area contributed by atoms with Gasteiger partial charge in [-0.15, -0.1) is 0 Å². The van der Waals surface area contributed by atoms with E-state index in [0.29, 0.717) is 16.4 Å². The standard InChI is InChI=1S/C15H11ClN2O2/c1-20-12-4-2-3-10(7-12)13-8-15(19)18-9-11(16)5-6-14(18)17-13/h2-9H,1H3. The van der Waals surface area contributed by atoms with Gasteiger partial charge in [0.25, 0.3) is 5.56 Å². The van der Waals surface area contributed by atoms with Crippen LogP contribution in [-0.4, -0.2) is 16.5 Å². The molecule has 3 aromatic rings. The van der Waals surface area contributed by atoms with Gasteiger partial charge in [-0.2, -0.15) is 0 Å². The van der Waals surface area contributed by atoms with Crippen molar-refractivity contribution in [3.8, 4) is 17.0 Å². The summed E-state index contributed by atoms with van der Waals surface area (Å²) in [4.78, 5) is 16.6. The molecule has 0 amide bonds. The van der Waals surface area contributed by atoms with Gasteiger partial charge >= 0.3 is 0 Å². The number of ether oxygens (including phenoxy) is 1. The minimum atomic E-state index is -0.171. The Kier molecular flexibility index (Phi) is 3.16. The normalized spacial score (nSPS) is 10.7. The van der Waals surface area contributed by atoms with E-state index in [4.69, 9.17) is 16.3 Å². The molecule has 2 aromatic heterocycles. The van der Waals surface area contributed by atoms with E-state index in [1.165, 1.54) is 10.5 Å². The summed E-state index contributed by atoms with van der Waals surface area (Å²) in [5.41, 5.74) is 1.82. The summed E-state index contributed by atoms with van der Waals surface area (Å²) in [7, 11) is 1.60. The molecule has 0 radical (unpaired) electrons. The number of nitrogens with zero attached hydrogens (tertiary/aromatic N) is 2. The average Bonchev–Trinajstić information content (AvgIpc) is 2.48. The summed E-state index contributed by atoms with van der Waals surface area (Å²) in [5, 5.41) is 0.496. The molecule has 0 aliphatic rings. The van der Waals surface area contributed by atoms with Crippen LogP contribution in [0.1, 0.15) is 0 Å². The first kappa shape index (κ1) is 12.7. The predicted molar refractivity (Wildman–Crippen MR) is 78.5 cm³/mol. The van der Waals surface area contributed by atoms with Crippen LogP contribution >= 0.6 is 11.6 Å². The molecule has 0 N–H and O–H groups in total. The first-order valence-corrected chi connectivity index (χ1v) is 6.38. The number of hydrogen-bond donors (Lipinski definition) is 0. The van der Waals surface area contributed by atoms with Crippen molar-refractivity contribution in [2.75, 3.05) is 7.11 Å². The van der Waals surface area contributed by atoms with E-state index in [0.717, 1.165) is 11.3 Å². The molecule has 100 valence electrons. The second-order valence-corrected chi connectivity index (χ2v) is 4.72. The van der Waals surface area contributed by atoms with Gasteiger partial charge in [0.15, 0.2) is 0 Å². The molecule has 0 saturated heterocycles. The molecule has 2 heterocycles. The zero-order valence-electron chi connectivity index (χ0n) is 10.7. The Morgan fingerprint density at radius 2 is 2.05 bits per heavy atom. The molecule has 5 heteroatoms. The summed E-state index contributed by atoms with van der Waals surface area (Å²) in [6, 6.07) is 12.3. The van der Waals surface area contributed by atoms with Crippen molar-refractivity contribution in [3.63, 3.8) is 0 Å². The fourth-order valence-electron chi connectivity index (χ4n) is 2.01. The van der Waals surface area contributed by atoms with Crippen LogP contribution < -0.4 is 10.3 Å². The second kappa shape index (κ2) is 4.98. The zero-order chi connectivity index (χ0) is 14.1. The maximum atomic E-state index is 12.1. The number of pyridine rings is 1. The van der Waals surface area contributed by atoms with Gasteiger partial charge < -0.3 is 4.74 Å².